The Morgan fingerprint density at radius 2 is 1.79 bits per heavy atom. The number of Topliss-reactive ketones (excluding diaryl/α,β-unsaturated/α-hetero) is 1. The summed E-state index contributed by atoms with van der Waals surface area (Å²) >= 11 is 0.865. The van der Waals surface area contributed by atoms with Crippen molar-refractivity contribution in [2.45, 2.75) is 50.9 Å². The molecule has 110 valence electrons. The van der Waals surface area contributed by atoms with Crippen LogP contribution in [0.15, 0.2) is 0 Å². The van der Waals surface area contributed by atoms with E-state index in [1.807, 2.05) is 6.92 Å². The van der Waals surface area contributed by atoms with E-state index in [-0.39, 0.29) is 11.7 Å². The molecule has 0 spiro atoms. The van der Waals surface area contributed by atoms with Crippen molar-refractivity contribution in [1.82, 2.24) is 0 Å². The van der Waals surface area contributed by atoms with Gasteiger partial charge in [0.15, 0.2) is 10.9 Å². The molecule has 0 heterocycles. The van der Waals surface area contributed by atoms with E-state index in [1.165, 1.54) is 6.92 Å². The van der Waals surface area contributed by atoms with Gasteiger partial charge in [0.1, 0.15) is 6.04 Å². The topological polar surface area (TPSA) is 112 Å². The number of hydrogen-bond acceptors (Lipinski definition) is 7. The lowest BCUT2D eigenvalue weighted by Gasteiger charge is -2.20. The van der Waals surface area contributed by atoms with Crippen LogP contribution in [0.2, 0.25) is 0 Å². The molecular formula is C12H22N2O4S. The zero-order valence-electron chi connectivity index (χ0n) is 11.5. The van der Waals surface area contributed by atoms with Gasteiger partial charge < -0.3 is 16.2 Å². The number of carbonyl (C=O) groups excluding carboxylic acids is 3. The van der Waals surface area contributed by atoms with E-state index in [0.29, 0.717) is 0 Å². The van der Waals surface area contributed by atoms with Gasteiger partial charge >= 0.3 is 5.97 Å². The molecule has 0 aromatic heterocycles. The predicted molar refractivity (Wildman–Crippen MR) is 74.6 cm³/mol. The van der Waals surface area contributed by atoms with Crippen LogP contribution >= 0.6 is 11.8 Å². The number of hydrogen-bond donors (Lipinski definition) is 2. The van der Waals surface area contributed by atoms with Crippen molar-refractivity contribution in [2.75, 3.05) is 6.61 Å². The molecule has 0 aromatic carbocycles. The molecule has 0 aromatic rings. The highest BCUT2D eigenvalue weighted by atomic mass is 32.2. The number of ketones is 1. The summed E-state index contributed by atoms with van der Waals surface area (Å²) in [6.45, 7) is 5.15. The predicted octanol–water partition coefficient (Wildman–Crippen LogP) is 0.222. The number of ether oxygens (including phenoxy) is 1. The molecule has 4 N–H and O–H groups in total. The number of thioether (sulfide) groups is 1. The molecule has 3 unspecified atom stereocenters. The summed E-state index contributed by atoms with van der Waals surface area (Å²) in [6.07, 6.45) is 1.62. The van der Waals surface area contributed by atoms with Crippen LogP contribution in [0.1, 0.15) is 33.6 Å². The highest BCUT2D eigenvalue weighted by Crippen LogP contribution is 2.14. The summed E-state index contributed by atoms with van der Waals surface area (Å²) < 4.78 is 4.91. The number of rotatable bonds is 8. The zero-order chi connectivity index (χ0) is 15.0. The second kappa shape index (κ2) is 9.06. The summed E-state index contributed by atoms with van der Waals surface area (Å²) in [5.74, 6) is -1.12. The minimum Gasteiger partial charge on any atom is -0.464 e. The summed E-state index contributed by atoms with van der Waals surface area (Å²) in [7, 11) is 0. The van der Waals surface area contributed by atoms with Crippen LogP contribution < -0.4 is 11.5 Å². The Morgan fingerprint density at radius 3 is 2.26 bits per heavy atom. The number of nitrogens with two attached hydrogens (primary N) is 2. The van der Waals surface area contributed by atoms with E-state index < -0.39 is 29.1 Å². The minimum atomic E-state index is -1.20. The van der Waals surface area contributed by atoms with E-state index >= 15 is 0 Å². The first-order valence-corrected chi connectivity index (χ1v) is 7.08. The molecule has 0 bridgehead atoms. The first-order valence-electron chi connectivity index (χ1n) is 6.20. The Morgan fingerprint density at radius 1 is 1.21 bits per heavy atom. The average Bonchev–Trinajstić information content (AvgIpc) is 2.35. The van der Waals surface area contributed by atoms with Crippen LogP contribution in [0.5, 0.6) is 0 Å². The first-order chi connectivity index (χ1) is 8.81. The molecule has 0 aliphatic heterocycles. The molecule has 6 nitrogen and oxygen atoms in total. The lowest BCUT2D eigenvalue weighted by Crippen LogP contribution is -2.54. The molecule has 7 heteroatoms. The summed E-state index contributed by atoms with van der Waals surface area (Å²) in [5, 5.41) is -0.811. The normalized spacial score (nSPS) is 15.4. The summed E-state index contributed by atoms with van der Waals surface area (Å²) in [5.41, 5.74) is 11.2. The molecular weight excluding hydrogens is 268 g/mol. The second-order valence-corrected chi connectivity index (χ2v) is 5.74. The quantitative estimate of drug-likeness (QED) is 0.485. The van der Waals surface area contributed by atoms with Crippen molar-refractivity contribution >= 4 is 28.6 Å². The van der Waals surface area contributed by atoms with Crippen molar-refractivity contribution in [1.29, 1.82) is 0 Å². The lowest BCUT2D eigenvalue weighted by molar-refractivity contribution is -0.147. The van der Waals surface area contributed by atoms with Crippen LogP contribution in [-0.4, -0.2) is 40.8 Å². The van der Waals surface area contributed by atoms with Crippen molar-refractivity contribution in [3.05, 3.63) is 0 Å². The number of esters is 1. The van der Waals surface area contributed by atoms with Crippen molar-refractivity contribution in [3.63, 3.8) is 0 Å². The molecule has 0 saturated heterocycles. The third kappa shape index (κ3) is 6.70. The maximum Gasteiger partial charge on any atom is 0.325 e. The van der Waals surface area contributed by atoms with Gasteiger partial charge in [0, 0.05) is 6.92 Å². The Hall–Kier alpha value is -0.920. The van der Waals surface area contributed by atoms with Crippen LogP contribution in [-0.2, 0) is 19.1 Å². The Bertz CT molecular complexity index is 336. The van der Waals surface area contributed by atoms with E-state index in [9.17, 15) is 14.4 Å². The monoisotopic (exact) mass is 290 g/mol. The van der Waals surface area contributed by atoms with E-state index in [1.54, 1.807) is 6.92 Å². The van der Waals surface area contributed by atoms with Gasteiger partial charge in [-0.2, -0.15) is 0 Å². The van der Waals surface area contributed by atoms with E-state index in [4.69, 9.17) is 16.2 Å². The highest BCUT2D eigenvalue weighted by molar-refractivity contribution is 8.14. The van der Waals surface area contributed by atoms with Gasteiger partial charge in [0.05, 0.1) is 17.9 Å². The van der Waals surface area contributed by atoms with Crippen LogP contribution in [0, 0.1) is 0 Å². The number of carbonyl (C=O) groups is 3. The molecule has 0 aliphatic carbocycles. The maximum atomic E-state index is 11.9. The Labute approximate surface area is 117 Å². The lowest BCUT2D eigenvalue weighted by atomic mass is 10.0. The van der Waals surface area contributed by atoms with Gasteiger partial charge in [-0.25, -0.2) is 0 Å². The smallest absolute Gasteiger partial charge is 0.325 e. The van der Waals surface area contributed by atoms with Gasteiger partial charge in [0.25, 0.3) is 0 Å². The van der Waals surface area contributed by atoms with Gasteiger partial charge in [-0.05, 0) is 13.3 Å². The van der Waals surface area contributed by atoms with Gasteiger partial charge in [-0.1, -0.05) is 25.1 Å². The molecule has 0 radical (unpaired) electrons. The van der Waals surface area contributed by atoms with E-state index in [2.05, 4.69) is 0 Å². The molecule has 0 amide bonds. The summed E-state index contributed by atoms with van der Waals surface area (Å²) in [6, 6.07) is -2.35. The third-order valence-electron chi connectivity index (χ3n) is 2.47. The van der Waals surface area contributed by atoms with Crippen LogP contribution in [0.3, 0.4) is 0 Å². The molecule has 0 saturated carbocycles. The molecule has 0 rings (SSSR count). The standard InChI is InChI=1S/C12H22N2O4S/c1-4-5-6-18-12(17)10(14)9(13)11(16)7(2)19-8(3)15/h7,9-10H,4-6,13-14H2,1-3H3. The summed E-state index contributed by atoms with van der Waals surface area (Å²) in [4.78, 5) is 34.3. The Balaban J connectivity index is 4.37. The fourth-order valence-corrected chi connectivity index (χ4v) is 2.09. The first kappa shape index (κ1) is 18.1. The maximum absolute atomic E-state index is 11.9. The van der Waals surface area contributed by atoms with Crippen molar-refractivity contribution < 1.29 is 19.1 Å². The minimum absolute atomic E-state index is 0.188. The molecule has 0 fully saturated rings. The zero-order valence-corrected chi connectivity index (χ0v) is 12.4. The largest absolute Gasteiger partial charge is 0.464 e. The van der Waals surface area contributed by atoms with Crippen LogP contribution in [0.4, 0.5) is 0 Å². The van der Waals surface area contributed by atoms with Crippen molar-refractivity contribution in [2.24, 2.45) is 11.5 Å². The van der Waals surface area contributed by atoms with Gasteiger partial charge in [0.2, 0.25) is 0 Å². The number of unbranched alkanes of at least 4 members (excludes halogenated alkanes) is 1. The van der Waals surface area contributed by atoms with Crippen molar-refractivity contribution in [3.8, 4) is 0 Å². The fourth-order valence-electron chi connectivity index (χ4n) is 1.31. The second-order valence-electron chi connectivity index (χ2n) is 4.23. The van der Waals surface area contributed by atoms with Gasteiger partial charge in [-0.15, -0.1) is 0 Å². The van der Waals surface area contributed by atoms with E-state index in [0.717, 1.165) is 24.6 Å². The Kier molecular flexibility index (Phi) is 8.62. The van der Waals surface area contributed by atoms with Crippen LogP contribution in [0.25, 0.3) is 0 Å². The average molecular weight is 290 g/mol. The SMILES string of the molecule is CCCCOC(=O)C(N)C(N)C(=O)C(C)SC(C)=O. The third-order valence-corrected chi connectivity index (χ3v) is 3.39. The molecule has 19 heavy (non-hydrogen) atoms. The van der Waals surface area contributed by atoms with Gasteiger partial charge in [-0.3, -0.25) is 14.4 Å². The fraction of sp³-hybridized carbons (Fsp3) is 0.750. The highest BCUT2D eigenvalue weighted by Gasteiger charge is 2.32. The molecule has 0 aliphatic rings. The molecule has 3 atom stereocenters.